The van der Waals surface area contributed by atoms with Crippen LogP contribution in [0.5, 0.6) is 0 Å². The number of hydrogen-bond donors (Lipinski definition) is 0. The zero-order valence-electron chi connectivity index (χ0n) is 16.2. The molecule has 0 spiro atoms. The van der Waals surface area contributed by atoms with Crippen molar-refractivity contribution in [3.05, 3.63) is 34.4 Å². The minimum absolute atomic E-state index is 0.0200. The number of nitrogens with zero attached hydrogens (tertiary/aromatic N) is 3. The van der Waals surface area contributed by atoms with Gasteiger partial charge in [-0.1, -0.05) is 18.1 Å². The van der Waals surface area contributed by atoms with Crippen molar-refractivity contribution >= 4 is 46.3 Å². The minimum Gasteiger partial charge on any atom is -0.399 e. The third kappa shape index (κ3) is 3.94. The quantitative estimate of drug-likeness (QED) is 0.517. The van der Waals surface area contributed by atoms with Crippen molar-refractivity contribution in [3.8, 4) is 0 Å². The van der Waals surface area contributed by atoms with Gasteiger partial charge in [0.25, 0.3) is 5.91 Å². The maximum absolute atomic E-state index is 12.8. The molecule has 0 saturated carbocycles. The van der Waals surface area contributed by atoms with Crippen molar-refractivity contribution in [3.63, 3.8) is 0 Å². The van der Waals surface area contributed by atoms with Crippen LogP contribution in [0.2, 0.25) is 0 Å². The number of hydrazone groups is 1. The highest BCUT2D eigenvalue weighted by molar-refractivity contribution is 8.08. The first-order valence-corrected chi connectivity index (χ1v) is 11.2. The Morgan fingerprint density at radius 3 is 2.89 bits per heavy atom. The largest absolute Gasteiger partial charge is 0.399 e. The van der Waals surface area contributed by atoms with E-state index in [-0.39, 0.29) is 5.91 Å². The first-order valence-electron chi connectivity index (χ1n) is 9.22. The Bertz CT molecular complexity index is 831. The molecule has 1 amide bonds. The normalized spacial score (nSPS) is 19.6. The average molecular weight is 404 g/mol. The van der Waals surface area contributed by atoms with E-state index in [0.29, 0.717) is 12.1 Å². The number of amides is 1. The van der Waals surface area contributed by atoms with Crippen molar-refractivity contribution in [1.82, 2.24) is 5.01 Å². The Hall–Kier alpha value is -1.73. The van der Waals surface area contributed by atoms with Crippen LogP contribution in [0, 0.1) is 6.92 Å². The van der Waals surface area contributed by atoms with E-state index in [4.69, 9.17) is 4.84 Å². The summed E-state index contributed by atoms with van der Waals surface area (Å²) >= 11 is 3.58. The number of carbonyl (C=O) groups is 1. The van der Waals surface area contributed by atoms with Crippen LogP contribution >= 0.6 is 23.5 Å². The summed E-state index contributed by atoms with van der Waals surface area (Å²) in [6.07, 6.45) is 3.63. The molecule has 144 valence electrons. The van der Waals surface area contributed by atoms with Crippen LogP contribution in [-0.2, 0) is 9.63 Å². The molecule has 1 aromatic rings. The van der Waals surface area contributed by atoms with E-state index in [1.807, 2.05) is 18.7 Å². The van der Waals surface area contributed by atoms with Crippen molar-refractivity contribution in [2.45, 2.75) is 38.5 Å². The summed E-state index contributed by atoms with van der Waals surface area (Å²) in [5, 5.41) is 10.1. The molecule has 0 aromatic heterocycles. The highest BCUT2D eigenvalue weighted by Crippen LogP contribution is 2.40. The van der Waals surface area contributed by atoms with Gasteiger partial charge in [0.2, 0.25) is 0 Å². The highest BCUT2D eigenvalue weighted by Gasteiger charge is 2.28. The van der Waals surface area contributed by atoms with E-state index in [9.17, 15) is 4.79 Å². The lowest BCUT2D eigenvalue weighted by atomic mass is 9.95. The molecular weight excluding hydrogens is 378 g/mol. The molecule has 0 aliphatic carbocycles. The molecule has 0 atom stereocenters. The van der Waals surface area contributed by atoms with E-state index >= 15 is 0 Å². The van der Waals surface area contributed by atoms with E-state index in [1.54, 1.807) is 25.1 Å². The monoisotopic (exact) mass is 403 g/mol. The van der Waals surface area contributed by atoms with E-state index in [2.05, 4.69) is 36.2 Å². The van der Waals surface area contributed by atoms with Crippen LogP contribution in [0.3, 0.4) is 0 Å². The second-order valence-corrected chi connectivity index (χ2v) is 8.53. The van der Waals surface area contributed by atoms with E-state index in [1.165, 1.54) is 9.90 Å². The summed E-state index contributed by atoms with van der Waals surface area (Å²) in [5.74, 6) is 1.94. The van der Waals surface area contributed by atoms with Crippen molar-refractivity contribution in [2.24, 2.45) is 10.3 Å². The lowest BCUT2D eigenvalue weighted by Gasteiger charge is -2.22. The summed E-state index contributed by atoms with van der Waals surface area (Å²) in [6, 6.07) is 4.28. The van der Waals surface area contributed by atoms with Crippen molar-refractivity contribution in [1.29, 1.82) is 0 Å². The van der Waals surface area contributed by atoms with Gasteiger partial charge in [0, 0.05) is 34.1 Å². The summed E-state index contributed by atoms with van der Waals surface area (Å²) in [4.78, 5) is 20.1. The summed E-state index contributed by atoms with van der Waals surface area (Å²) in [7, 11) is 1.59. The fourth-order valence-corrected chi connectivity index (χ4v) is 5.43. The number of thioether (sulfide) groups is 2. The number of fused-ring (bicyclic) bond motifs is 1. The Labute approximate surface area is 169 Å². The van der Waals surface area contributed by atoms with Crippen LogP contribution in [0.1, 0.15) is 43.4 Å². The van der Waals surface area contributed by atoms with Crippen molar-refractivity contribution in [2.75, 3.05) is 25.2 Å². The minimum atomic E-state index is -0.0200. The van der Waals surface area contributed by atoms with Gasteiger partial charge in [-0.25, -0.2) is 5.01 Å². The van der Waals surface area contributed by atoms with Crippen LogP contribution in [0.15, 0.2) is 32.9 Å². The Morgan fingerprint density at radius 2 is 2.22 bits per heavy atom. The predicted octanol–water partition coefficient (Wildman–Crippen LogP) is 4.54. The number of hydrogen-bond acceptors (Lipinski definition) is 6. The van der Waals surface area contributed by atoms with Crippen LogP contribution in [0.25, 0.3) is 4.91 Å². The molecule has 0 bridgehead atoms. The lowest BCUT2D eigenvalue weighted by Crippen LogP contribution is -2.22. The maximum Gasteiger partial charge on any atom is 0.276 e. The second kappa shape index (κ2) is 8.97. The molecular formula is C20H25N3O2S2. The fraction of sp³-hybridized carbons (Fsp3) is 0.450. The van der Waals surface area contributed by atoms with E-state index < -0.39 is 0 Å². The molecule has 0 fully saturated rings. The van der Waals surface area contributed by atoms with Gasteiger partial charge in [0.1, 0.15) is 7.11 Å². The molecule has 5 nitrogen and oxygen atoms in total. The molecule has 2 aliphatic heterocycles. The van der Waals surface area contributed by atoms with Gasteiger partial charge in [0.15, 0.2) is 0 Å². The third-order valence-electron chi connectivity index (χ3n) is 4.54. The molecule has 0 saturated heterocycles. The first-order chi connectivity index (χ1) is 13.1. The lowest BCUT2D eigenvalue weighted by molar-refractivity contribution is -0.125. The Morgan fingerprint density at radius 1 is 1.41 bits per heavy atom. The smallest absolute Gasteiger partial charge is 0.276 e. The number of benzene rings is 1. The molecule has 7 heteroatoms. The number of likely N-dealkylation sites (N-methyl/N-ethyl adjacent to an activating group) is 1. The second-order valence-electron chi connectivity index (χ2n) is 6.29. The molecule has 2 heterocycles. The van der Waals surface area contributed by atoms with Gasteiger partial charge in [-0.2, -0.15) is 5.10 Å². The SMILES string of the molecule is CCCS/C(=C1/C=NN(CC)C1=O)c1ccc2c(c1C)/C(=N/OC)CCS2. The standard InChI is InChI=1S/C20H25N3O2S2/c1-5-10-27-19(15-12-21-23(6-2)20(15)24)14-7-8-17-18(13(14)3)16(22-25-4)9-11-26-17/h7-8,12H,5-6,9-11H2,1-4H3/b19-15-,22-16+. The number of oxime groups is 1. The topological polar surface area (TPSA) is 54.3 Å². The zero-order chi connectivity index (χ0) is 19.4. The van der Waals surface area contributed by atoms with Crippen LogP contribution in [0.4, 0.5) is 0 Å². The fourth-order valence-electron chi connectivity index (χ4n) is 3.26. The zero-order valence-corrected chi connectivity index (χ0v) is 17.9. The maximum atomic E-state index is 12.8. The summed E-state index contributed by atoms with van der Waals surface area (Å²) < 4.78 is 0. The van der Waals surface area contributed by atoms with Gasteiger partial charge in [-0.3, -0.25) is 4.79 Å². The van der Waals surface area contributed by atoms with Crippen LogP contribution in [-0.4, -0.2) is 48.0 Å². The van der Waals surface area contributed by atoms with Gasteiger partial charge >= 0.3 is 0 Å². The van der Waals surface area contributed by atoms with Gasteiger partial charge in [-0.15, -0.1) is 23.5 Å². The first kappa shape index (κ1) is 20.0. The molecule has 0 radical (unpaired) electrons. The summed E-state index contributed by atoms with van der Waals surface area (Å²) in [5.41, 5.74) is 5.06. The van der Waals surface area contributed by atoms with Gasteiger partial charge in [0.05, 0.1) is 17.5 Å². The Kier molecular flexibility index (Phi) is 6.65. The number of carbonyl (C=O) groups excluding carboxylic acids is 1. The average Bonchev–Trinajstić information content (AvgIpc) is 3.04. The molecule has 0 unspecified atom stereocenters. The van der Waals surface area contributed by atoms with Crippen LogP contribution < -0.4 is 0 Å². The predicted molar refractivity (Wildman–Crippen MR) is 116 cm³/mol. The van der Waals surface area contributed by atoms with Gasteiger partial charge < -0.3 is 4.84 Å². The van der Waals surface area contributed by atoms with Crippen molar-refractivity contribution < 1.29 is 9.63 Å². The molecule has 27 heavy (non-hydrogen) atoms. The third-order valence-corrected chi connectivity index (χ3v) is 6.94. The molecule has 3 rings (SSSR count). The van der Waals surface area contributed by atoms with Gasteiger partial charge in [-0.05, 0) is 43.2 Å². The van der Waals surface area contributed by atoms with E-state index in [0.717, 1.165) is 51.7 Å². The molecule has 2 aliphatic rings. The summed E-state index contributed by atoms with van der Waals surface area (Å²) in [6.45, 7) is 6.78. The molecule has 1 aromatic carbocycles. The highest BCUT2D eigenvalue weighted by atomic mass is 32.2. The Balaban J connectivity index is 2.15. The number of rotatable bonds is 6. The molecule has 0 N–H and O–H groups in total.